The Balaban J connectivity index is 1.83. The monoisotopic (exact) mass is 407 g/mol. The van der Waals surface area contributed by atoms with Gasteiger partial charge in [0, 0.05) is 16.6 Å². The first-order chi connectivity index (χ1) is 12.3. The third kappa shape index (κ3) is 4.15. The van der Waals surface area contributed by atoms with Gasteiger partial charge in [0.1, 0.15) is 5.52 Å². The smallest absolute Gasteiger partial charge is 0.228 e. The molecule has 8 heteroatoms. The van der Waals surface area contributed by atoms with Crippen LogP contribution in [0.3, 0.4) is 0 Å². The van der Waals surface area contributed by atoms with Gasteiger partial charge in [-0.3, -0.25) is 4.79 Å². The molecule has 0 aliphatic rings. The molecule has 3 rings (SSSR count). The molecule has 0 aliphatic heterocycles. The van der Waals surface area contributed by atoms with Gasteiger partial charge in [-0.25, -0.2) is 4.98 Å². The molecular formula is C18H15Cl2N3O2S. The number of oxazole rings is 1. The molecule has 2 N–H and O–H groups in total. The van der Waals surface area contributed by atoms with E-state index in [2.05, 4.69) is 15.6 Å². The molecule has 2 aromatic carbocycles. The summed E-state index contributed by atoms with van der Waals surface area (Å²) in [5, 5.41) is 6.82. The van der Waals surface area contributed by atoms with E-state index >= 15 is 0 Å². The largest absolute Gasteiger partial charge is 0.436 e. The van der Waals surface area contributed by atoms with Crippen LogP contribution < -0.4 is 10.6 Å². The van der Waals surface area contributed by atoms with Gasteiger partial charge in [-0.05, 0) is 48.6 Å². The molecular weight excluding hydrogens is 393 g/mol. The van der Waals surface area contributed by atoms with Crippen molar-refractivity contribution in [2.24, 2.45) is 5.92 Å². The summed E-state index contributed by atoms with van der Waals surface area (Å²) in [5.74, 6) is 0.0960. The number of carbonyl (C=O) groups is 1. The summed E-state index contributed by atoms with van der Waals surface area (Å²) in [7, 11) is 0. The lowest BCUT2D eigenvalue weighted by Gasteiger charge is -2.10. The highest BCUT2D eigenvalue weighted by atomic mass is 35.5. The fourth-order valence-electron chi connectivity index (χ4n) is 2.20. The molecule has 0 unspecified atom stereocenters. The summed E-state index contributed by atoms with van der Waals surface area (Å²) in [6.45, 7) is 3.59. The van der Waals surface area contributed by atoms with Gasteiger partial charge in [0.2, 0.25) is 11.8 Å². The van der Waals surface area contributed by atoms with Crippen molar-refractivity contribution in [3.05, 3.63) is 46.4 Å². The van der Waals surface area contributed by atoms with Crippen LogP contribution in [0.1, 0.15) is 13.8 Å². The third-order valence-corrected chi connectivity index (χ3v) is 4.32. The molecule has 1 aromatic heterocycles. The summed E-state index contributed by atoms with van der Waals surface area (Å²) in [6, 6.07) is 10.4. The zero-order valence-electron chi connectivity index (χ0n) is 14.0. The Labute approximate surface area is 165 Å². The number of carbonyl (C=O) groups excluding carboxylic acids is 1. The minimum atomic E-state index is -0.153. The Bertz CT molecular complexity index is 1000. The van der Waals surface area contributed by atoms with E-state index in [1.165, 1.54) is 0 Å². The minimum absolute atomic E-state index is 0.148. The first-order valence-electron chi connectivity index (χ1n) is 7.81. The summed E-state index contributed by atoms with van der Waals surface area (Å²) < 4.78 is 5.76. The van der Waals surface area contributed by atoms with Crippen LogP contribution in [0.2, 0.25) is 10.0 Å². The first-order valence-corrected chi connectivity index (χ1v) is 8.98. The Hall–Kier alpha value is -2.15. The van der Waals surface area contributed by atoms with Crippen molar-refractivity contribution in [1.29, 1.82) is 0 Å². The van der Waals surface area contributed by atoms with Gasteiger partial charge in [-0.15, -0.1) is 0 Å². The zero-order valence-corrected chi connectivity index (χ0v) is 16.3. The highest BCUT2D eigenvalue weighted by molar-refractivity contribution is 7.80. The maximum absolute atomic E-state index is 11.7. The van der Waals surface area contributed by atoms with Gasteiger partial charge in [0.25, 0.3) is 0 Å². The number of amides is 1. The van der Waals surface area contributed by atoms with Crippen LogP contribution in [-0.2, 0) is 4.79 Å². The zero-order chi connectivity index (χ0) is 18.8. The van der Waals surface area contributed by atoms with Crippen LogP contribution in [0.15, 0.2) is 40.8 Å². The molecule has 0 fully saturated rings. The number of hydrogen-bond donors (Lipinski definition) is 2. The van der Waals surface area contributed by atoms with Gasteiger partial charge in [-0.2, -0.15) is 0 Å². The Morgan fingerprint density at radius 1 is 1.19 bits per heavy atom. The lowest BCUT2D eigenvalue weighted by molar-refractivity contribution is -0.122. The minimum Gasteiger partial charge on any atom is -0.436 e. The summed E-state index contributed by atoms with van der Waals surface area (Å²) in [5.41, 5.74) is 2.58. The molecule has 0 spiro atoms. The molecule has 134 valence electrons. The van der Waals surface area contributed by atoms with Gasteiger partial charge in [0.05, 0.1) is 10.6 Å². The molecule has 5 nitrogen and oxygen atoms in total. The second kappa shape index (κ2) is 7.61. The maximum atomic E-state index is 11.7. The van der Waals surface area contributed by atoms with Crippen molar-refractivity contribution in [3.63, 3.8) is 0 Å². The highest BCUT2D eigenvalue weighted by Gasteiger charge is 2.13. The van der Waals surface area contributed by atoms with Crippen LogP contribution >= 0.6 is 35.4 Å². The number of benzene rings is 2. The lowest BCUT2D eigenvalue weighted by Crippen LogP contribution is -2.36. The van der Waals surface area contributed by atoms with Gasteiger partial charge < -0.3 is 15.1 Å². The van der Waals surface area contributed by atoms with Gasteiger partial charge in [-0.1, -0.05) is 37.0 Å². The molecule has 0 radical (unpaired) electrons. The molecule has 0 atom stereocenters. The number of nitrogens with one attached hydrogen (secondary N) is 2. The molecule has 0 bridgehead atoms. The number of hydrogen-bond acceptors (Lipinski definition) is 4. The summed E-state index contributed by atoms with van der Waals surface area (Å²) in [4.78, 5) is 16.1. The Morgan fingerprint density at radius 3 is 2.65 bits per heavy atom. The standard InChI is InChI=1S/C18H15Cl2N3O2S/c1-9(2)16(24)23-18(26)21-11-4-6-15-14(8-11)22-17(25-15)12-5-3-10(19)7-13(12)20/h3-9H,1-2H3,(H2,21,23,24,26). The van der Waals surface area contributed by atoms with E-state index in [9.17, 15) is 4.79 Å². The average Bonchev–Trinajstić information content (AvgIpc) is 2.97. The summed E-state index contributed by atoms with van der Waals surface area (Å²) in [6.07, 6.45) is 0. The Morgan fingerprint density at radius 2 is 1.96 bits per heavy atom. The SMILES string of the molecule is CC(C)C(=O)NC(=S)Nc1ccc2oc(-c3ccc(Cl)cc3Cl)nc2c1. The van der Waals surface area contributed by atoms with Crippen LogP contribution in [0.4, 0.5) is 5.69 Å². The van der Waals surface area contributed by atoms with Crippen LogP contribution in [-0.4, -0.2) is 16.0 Å². The normalized spacial score (nSPS) is 11.0. The number of nitrogens with zero attached hydrogens (tertiary/aromatic N) is 1. The molecule has 0 aliphatic carbocycles. The number of aromatic nitrogens is 1. The van der Waals surface area contributed by atoms with Crippen LogP contribution in [0.25, 0.3) is 22.6 Å². The van der Waals surface area contributed by atoms with Crippen molar-refractivity contribution in [3.8, 4) is 11.5 Å². The van der Waals surface area contributed by atoms with E-state index in [0.29, 0.717) is 38.3 Å². The topological polar surface area (TPSA) is 67.2 Å². The number of halogens is 2. The fraction of sp³-hybridized carbons (Fsp3) is 0.167. The van der Waals surface area contributed by atoms with Crippen molar-refractivity contribution in [2.75, 3.05) is 5.32 Å². The molecule has 0 saturated heterocycles. The van der Waals surface area contributed by atoms with E-state index in [1.807, 2.05) is 0 Å². The molecule has 0 saturated carbocycles. The lowest BCUT2D eigenvalue weighted by atomic mass is 10.2. The molecule has 3 aromatic rings. The van der Waals surface area contributed by atoms with Crippen molar-refractivity contribution >= 4 is 63.2 Å². The number of anilines is 1. The van der Waals surface area contributed by atoms with Crippen molar-refractivity contribution in [2.45, 2.75) is 13.8 Å². The van der Waals surface area contributed by atoms with E-state index < -0.39 is 0 Å². The number of rotatable bonds is 3. The van der Waals surface area contributed by atoms with Crippen LogP contribution in [0, 0.1) is 5.92 Å². The first kappa shape index (κ1) is 18.6. The average molecular weight is 408 g/mol. The highest BCUT2D eigenvalue weighted by Crippen LogP contribution is 2.32. The Kier molecular flexibility index (Phi) is 5.46. The van der Waals surface area contributed by atoms with E-state index in [0.717, 1.165) is 0 Å². The second-order valence-electron chi connectivity index (χ2n) is 5.92. The predicted molar refractivity (Wildman–Crippen MR) is 109 cm³/mol. The third-order valence-electron chi connectivity index (χ3n) is 3.57. The number of fused-ring (bicyclic) bond motifs is 1. The van der Waals surface area contributed by atoms with E-state index in [1.54, 1.807) is 50.2 Å². The van der Waals surface area contributed by atoms with Crippen LogP contribution in [0.5, 0.6) is 0 Å². The number of thiocarbonyl (C=S) groups is 1. The molecule has 1 amide bonds. The summed E-state index contributed by atoms with van der Waals surface area (Å²) >= 11 is 17.3. The van der Waals surface area contributed by atoms with Crippen molar-refractivity contribution < 1.29 is 9.21 Å². The van der Waals surface area contributed by atoms with Gasteiger partial charge >= 0.3 is 0 Å². The fourth-order valence-corrected chi connectivity index (χ4v) is 2.91. The van der Waals surface area contributed by atoms with E-state index in [-0.39, 0.29) is 16.9 Å². The predicted octanol–water partition coefficient (Wildman–Crippen LogP) is 5.27. The molecule has 1 heterocycles. The van der Waals surface area contributed by atoms with E-state index in [4.69, 9.17) is 39.8 Å². The second-order valence-corrected chi connectivity index (χ2v) is 7.18. The van der Waals surface area contributed by atoms with Gasteiger partial charge in [0.15, 0.2) is 10.7 Å². The quantitative estimate of drug-likeness (QED) is 0.578. The van der Waals surface area contributed by atoms with Crippen molar-refractivity contribution in [1.82, 2.24) is 10.3 Å². The molecule has 26 heavy (non-hydrogen) atoms. The maximum Gasteiger partial charge on any atom is 0.228 e.